The molecular weight excluding hydrogens is 528 g/mol. The Balaban J connectivity index is 1.76. The lowest BCUT2D eigenvalue weighted by Crippen LogP contribution is -2.94. The van der Waals surface area contributed by atoms with Crippen LogP contribution in [0.3, 0.4) is 0 Å². The van der Waals surface area contributed by atoms with E-state index in [1.54, 1.807) is 7.11 Å². The van der Waals surface area contributed by atoms with E-state index in [-0.39, 0.29) is 36.7 Å². The number of ether oxygens (including phenoxy) is 3. The number of nitrogens with two attached hydrogens (primary N) is 2. The van der Waals surface area contributed by atoms with Crippen molar-refractivity contribution in [3.05, 3.63) is 0 Å². The summed E-state index contributed by atoms with van der Waals surface area (Å²) in [7, 11) is 1.65. The summed E-state index contributed by atoms with van der Waals surface area (Å²) >= 11 is 0. The molecule has 1 aliphatic heterocycles. The lowest BCUT2D eigenvalue weighted by atomic mass is 9.66. The molecule has 238 valence electrons. The maximum absolute atomic E-state index is 12.2. The summed E-state index contributed by atoms with van der Waals surface area (Å²) < 4.78 is 17.3. The van der Waals surface area contributed by atoms with Crippen molar-refractivity contribution in [2.45, 2.75) is 134 Å². The molecular formula is C31H57N2O8+. The smallest absolute Gasteiger partial charge is 0.302 e. The largest absolute Gasteiger partial charge is 0.462 e. The predicted molar refractivity (Wildman–Crippen MR) is 153 cm³/mol. The van der Waals surface area contributed by atoms with Gasteiger partial charge in [0.1, 0.15) is 18.4 Å². The van der Waals surface area contributed by atoms with E-state index in [1.807, 2.05) is 0 Å². The Hall–Kier alpha value is -1.30. The van der Waals surface area contributed by atoms with Crippen LogP contribution in [-0.4, -0.2) is 84.2 Å². The molecule has 0 aromatic carbocycles. The number of hydrogen-bond acceptors (Lipinski definition) is 9. The van der Waals surface area contributed by atoms with Crippen LogP contribution < -0.4 is 11.1 Å². The minimum absolute atomic E-state index is 0.0822. The number of hydrogen-bond donors (Lipinski definition) is 5. The SMILES string of the molecule is COC1CC(CCC(CC(OC(C)=O)C2CC(O)CCCC(CCO)C2)OC(C)=O)C(C2CC[NH2+]C(N)C2)CC1O. The van der Waals surface area contributed by atoms with Gasteiger partial charge in [0.2, 0.25) is 0 Å². The number of methoxy groups -OCH3 is 1. The maximum Gasteiger partial charge on any atom is 0.302 e. The summed E-state index contributed by atoms with van der Waals surface area (Å²) in [6.45, 7) is 3.90. The molecule has 11 atom stereocenters. The van der Waals surface area contributed by atoms with Gasteiger partial charge in [-0.15, -0.1) is 0 Å². The van der Waals surface area contributed by atoms with E-state index < -0.39 is 24.4 Å². The van der Waals surface area contributed by atoms with Crippen LogP contribution in [0.15, 0.2) is 0 Å². The minimum atomic E-state index is -0.501. The van der Waals surface area contributed by atoms with Crippen molar-refractivity contribution in [2.24, 2.45) is 35.3 Å². The molecule has 0 spiro atoms. The van der Waals surface area contributed by atoms with Crippen LogP contribution in [0.25, 0.3) is 0 Å². The van der Waals surface area contributed by atoms with Gasteiger partial charge in [-0.1, -0.05) is 12.8 Å². The van der Waals surface area contributed by atoms with Crippen molar-refractivity contribution in [2.75, 3.05) is 20.3 Å². The molecule has 0 amide bonds. The van der Waals surface area contributed by atoms with Crippen molar-refractivity contribution in [1.82, 2.24) is 0 Å². The van der Waals surface area contributed by atoms with Gasteiger partial charge in [0.25, 0.3) is 0 Å². The Bertz CT molecular complexity index is 800. The second-order valence-electron chi connectivity index (χ2n) is 13.1. The molecule has 10 heteroatoms. The molecule has 0 radical (unpaired) electrons. The van der Waals surface area contributed by atoms with Gasteiger partial charge < -0.3 is 34.8 Å². The average Bonchev–Trinajstić information content (AvgIpc) is 2.89. The summed E-state index contributed by atoms with van der Waals surface area (Å²) in [6.07, 6.45) is 7.65. The van der Waals surface area contributed by atoms with Gasteiger partial charge in [0.15, 0.2) is 0 Å². The molecule has 7 N–H and O–H groups in total. The molecule has 3 fully saturated rings. The molecule has 1 saturated heterocycles. The summed E-state index contributed by atoms with van der Waals surface area (Å²) in [5.74, 6) is 0.502. The highest BCUT2D eigenvalue weighted by Gasteiger charge is 2.42. The van der Waals surface area contributed by atoms with Crippen molar-refractivity contribution >= 4 is 11.9 Å². The lowest BCUT2D eigenvalue weighted by molar-refractivity contribution is -0.699. The van der Waals surface area contributed by atoms with Crippen molar-refractivity contribution < 1.29 is 44.4 Å². The van der Waals surface area contributed by atoms with Gasteiger partial charge in [-0.3, -0.25) is 15.3 Å². The van der Waals surface area contributed by atoms with Crippen LogP contribution >= 0.6 is 0 Å². The van der Waals surface area contributed by atoms with Crippen LogP contribution in [0.4, 0.5) is 0 Å². The summed E-state index contributed by atoms with van der Waals surface area (Å²) in [6, 6.07) is 0. The van der Waals surface area contributed by atoms with E-state index >= 15 is 0 Å². The second-order valence-corrected chi connectivity index (χ2v) is 13.1. The standard InChI is InChI=1S/C31H56N2O8/c1-19(35)40-26(17-29(41-20(2)36)24-13-21(10-12-34)5-4-6-25(37)14-24)8-7-22-15-30(39-3)28(38)18-27(22)23-9-11-33-31(32)16-23/h21-31,33-34,37-38H,4-18,32H2,1-3H3/p+1. The first-order valence-electron chi connectivity index (χ1n) is 16.0. The Morgan fingerprint density at radius 3 is 2.39 bits per heavy atom. The van der Waals surface area contributed by atoms with Crippen LogP contribution in [0, 0.1) is 29.6 Å². The molecule has 0 aromatic heterocycles. The highest BCUT2D eigenvalue weighted by atomic mass is 16.6. The first-order chi connectivity index (χ1) is 19.6. The molecule has 3 aliphatic rings. The fourth-order valence-electron chi connectivity index (χ4n) is 8.06. The summed E-state index contributed by atoms with van der Waals surface area (Å²) in [5, 5.41) is 33.2. The van der Waals surface area contributed by atoms with E-state index in [0.29, 0.717) is 62.2 Å². The quantitative estimate of drug-likeness (QED) is 0.214. The van der Waals surface area contributed by atoms with E-state index in [0.717, 1.165) is 51.5 Å². The Morgan fingerprint density at radius 1 is 0.976 bits per heavy atom. The number of piperidine rings is 1. The zero-order chi connectivity index (χ0) is 29.9. The molecule has 2 saturated carbocycles. The van der Waals surface area contributed by atoms with Crippen LogP contribution in [0.2, 0.25) is 0 Å². The average molecular weight is 586 g/mol. The van der Waals surface area contributed by atoms with Crippen molar-refractivity contribution in [3.8, 4) is 0 Å². The number of carbonyl (C=O) groups excluding carboxylic acids is 2. The molecule has 1 heterocycles. The van der Waals surface area contributed by atoms with Gasteiger partial charge in [0, 0.05) is 40.4 Å². The lowest BCUT2D eigenvalue weighted by Gasteiger charge is -2.44. The van der Waals surface area contributed by atoms with Gasteiger partial charge >= 0.3 is 11.9 Å². The predicted octanol–water partition coefficient (Wildman–Crippen LogP) is 1.62. The monoisotopic (exact) mass is 585 g/mol. The molecule has 0 aromatic rings. The zero-order valence-electron chi connectivity index (χ0n) is 25.5. The zero-order valence-corrected chi connectivity index (χ0v) is 25.5. The summed E-state index contributed by atoms with van der Waals surface area (Å²) in [5.41, 5.74) is 6.29. The van der Waals surface area contributed by atoms with Crippen LogP contribution in [-0.2, 0) is 23.8 Å². The molecule has 3 rings (SSSR count). The molecule has 11 unspecified atom stereocenters. The maximum atomic E-state index is 12.2. The first kappa shape index (κ1) is 34.2. The van der Waals surface area contributed by atoms with Gasteiger partial charge in [-0.05, 0) is 87.4 Å². The molecule has 41 heavy (non-hydrogen) atoms. The van der Waals surface area contributed by atoms with E-state index in [1.165, 1.54) is 13.8 Å². The Kier molecular flexibility index (Phi) is 14.3. The van der Waals surface area contributed by atoms with Gasteiger partial charge in [0.05, 0.1) is 24.9 Å². The van der Waals surface area contributed by atoms with Crippen molar-refractivity contribution in [1.29, 1.82) is 0 Å². The number of rotatable bonds is 12. The third-order valence-electron chi connectivity index (χ3n) is 10.0. The number of esters is 2. The van der Waals surface area contributed by atoms with E-state index in [9.17, 15) is 24.9 Å². The highest BCUT2D eigenvalue weighted by molar-refractivity contribution is 5.66. The third-order valence-corrected chi connectivity index (χ3v) is 10.0. The van der Waals surface area contributed by atoms with Crippen LogP contribution in [0.5, 0.6) is 0 Å². The fourth-order valence-corrected chi connectivity index (χ4v) is 8.06. The number of aliphatic hydroxyl groups is 3. The van der Waals surface area contributed by atoms with Gasteiger partial charge in [-0.25, -0.2) is 0 Å². The number of carbonyl (C=O) groups is 2. The topological polar surface area (TPSA) is 165 Å². The molecule has 0 bridgehead atoms. The minimum Gasteiger partial charge on any atom is -0.462 e. The van der Waals surface area contributed by atoms with E-state index in [4.69, 9.17) is 19.9 Å². The fraction of sp³-hybridized carbons (Fsp3) is 0.935. The normalized spacial score (nSPS) is 36.4. The van der Waals surface area contributed by atoms with Crippen LogP contribution in [0.1, 0.15) is 97.3 Å². The third kappa shape index (κ3) is 11.0. The number of aliphatic hydroxyl groups excluding tert-OH is 3. The molecule has 10 nitrogen and oxygen atoms in total. The van der Waals surface area contributed by atoms with E-state index in [2.05, 4.69) is 5.32 Å². The Morgan fingerprint density at radius 2 is 1.73 bits per heavy atom. The highest BCUT2D eigenvalue weighted by Crippen LogP contribution is 2.43. The summed E-state index contributed by atoms with van der Waals surface area (Å²) in [4.78, 5) is 24.4. The second kappa shape index (κ2) is 17.1. The van der Waals surface area contributed by atoms with Crippen molar-refractivity contribution in [3.63, 3.8) is 0 Å². The first-order valence-corrected chi connectivity index (χ1v) is 16.0. The Labute approximate surface area is 246 Å². The number of quaternary nitrogens is 1. The van der Waals surface area contributed by atoms with Gasteiger partial charge in [-0.2, -0.15) is 0 Å². The molecule has 2 aliphatic carbocycles.